The van der Waals surface area contributed by atoms with Gasteiger partial charge in [0, 0.05) is 35.4 Å². The molecule has 0 radical (unpaired) electrons. The largest absolute Gasteiger partial charge is 0.480 e. The Morgan fingerprint density at radius 1 is 0.976 bits per heavy atom. The number of aliphatic carboxylic acids is 1. The van der Waals surface area contributed by atoms with Crippen LogP contribution < -0.4 is 27.4 Å². The molecule has 14 nitrogen and oxygen atoms in total. The SMILES string of the molecule is CC(O)C(NC(=O)C(Cc1cnc[nH]1)NC(=O)C(N)Cc1c[nH]c2ccccc12)C(=O)NC(CCCCN)C(=O)O. The second-order valence-electron chi connectivity index (χ2n) is 9.92. The number of carbonyl (C=O) groups is 4. The van der Waals surface area contributed by atoms with Crippen LogP contribution in [0.4, 0.5) is 0 Å². The molecule has 2 aromatic heterocycles. The third kappa shape index (κ3) is 8.86. The first-order chi connectivity index (χ1) is 19.6. The highest BCUT2D eigenvalue weighted by Crippen LogP contribution is 2.19. The molecule has 3 amide bonds. The lowest BCUT2D eigenvalue weighted by Crippen LogP contribution is -2.60. The van der Waals surface area contributed by atoms with E-state index in [1.807, 2.05) is 24.3 Å². The van der Waals surface area contributed by atoms with Gasteiger partial charge in [-0.2, -0.15) is 0 Å². The molecule has 0 aliphatic carbocycles. The number of hydrogen-bond acceptors (Lipinski definition) is 8. The number of nitrogens with two attached hydrogens (primary N) is 2. The molecule has 14 heteroatoms. The summed E-state index contributed by atoms with van der Waals surface area (Å²) in [4.78, 5) is 60.9. The summed E-state index contributed by atoms with van der Waals surface area (Å²) < 4.78 is 0. The Labute approximate surface area is 236 Å². The van der Waals surface area contributed by atoms with Crippen molar-refractivity contribution in [1.82, 2.24) is 30.9 Å². The molecule has 0 aliphatic rings. The van der Waals surface area contributed by atoms with E-state index in [1.165, 1.54) is 19.4 Å². The second kappa shape index (κ2) is 14.9. The Morgan fingerprint density at radius 3 is 2.37 bits per heavy atom. The molecule has 1 aromatic carbocycles. The van der Waals surface area contributed by atoms with Crippen molar-refractivity contribution >= 4 is 34.6 Å². The first kappa shape index (κ1) is 31.3. The van der Waals surface area contributed by atoms with E-state index in [0.29, 0.717) is 25.1 Å². The van der Waals surface area contributed by atoms with E-state index >= 15 is 0 Å². The molecule has 222 valence electrons. The number of imidazole rings is 1. The van der Waals surface area contributed by atoms with Crippen molar-refractivity contribution in [2.75, 3.05) is 6.54 Å². The Kier molecular flexibility index (Phi) is 11.4. The number of aromatic nitrogens is 3. The van der Waals surface area contributed by atoms with Gasteiger partial charge >= 0.3 is 5.97 Å². The summed E-state index contributed by atoms with van der Waals surface area (Å²) in [6, 6.07) is 2.69. The van der Waals surface area contributed by atoms with Gasteiger partial charge in [-0.3, -0.25) is 14.4 Å². The summed E-state index contributed by atoms with van der Waals surface area (Å²) in [5.41, 5.74) is 13.9. The van der Waals surface area contributed by atoms with E-state index in [2.05, 4.69) is 30.9 Å². The molecule has 41 heavy (non-hydrogen) atoms. The summed E-state index contributed by atoms with van der Waals surface area (Å²) >= 11 is 0. The van der Waals surface area contributed by atoms with Crippen LogP contribution in [0, 0.1) is 0 Å². The quantitative estimate of drug-likeness (QED) is 0.0963. The van der Waals surface area contributed by atoms with Gasteiger partial charge in [0.05, 0.1) is 18.5 Å². The molecule has 11 N–H and O–H groups in total. The molecule has 0 fully saturated rings. The minimum Gasteiger partial charge on any atom is -0.480 e. The van der Waals surface area contributed by atoms with E-state index in [9.17, 15) is 29.4 Å². The number of H-pyrrole nitrogens is 2. The summed E-state index contributed by atoms with van der Waals surface area (Å²) in [7, 11) is 0. The predicted molar refractivity (Wildman–Crippen MR) is 150 cm³/mol. The Balaban J connectivity index is 1.71. The molecule has 0 bridgehead atoms. The van der Waals surface area contributed by atoms with Crippen molar-refractivity contribution in [3.63, 3.8) is 0 Å². The van der Waals surface area contributed by atoms with Crippen molar-refractivity contribution < 1.29 is 29.4 Å². The number of unbranched alkanes of at least 4 members (excludes halogenated alkanes) is 1. The zero-order chi connectivity index (χ0) is 29.9. The van der Waals surface area contributed by atoms with Crippen molar-refractivity contribution in [1.29, 1.82) is 0 Å². The van der Waals surface area contributed by atoms with Gasteiger partial charge in [0.15, 0.2) is 0 Å². The van der Waals surface area contributed by atoms with Gasteiger partial charge in [0.2, 0.25) is 17.7 Å². The maximum Gasteiger partial charge on any atom is 0.326 e. The molecule has 0 saturated carbocycles. The van der Waals surface area contributed by atoms with E-state index in [0.717, 1.165) is 16.5 Å². The van der Waals surface area contributed by atoms with Crippen molar-refractivity contribution in [2.45, 2.75) is 69.3 Å². The number of aliphatic hydroxyl groups excluding tert-OH is 1. The molecule has 0 aliphatic heterocycles. The molecule has 2 heterocycles. The molecule has 0 saturated heterocycles. The monoisotopic (exact) mass is 570 g/mol. The summed E-state index contributed by atoms with van der Waals surface area (Å²) in [6.07, 6.45) is 4.67. The van der Waals surface area contributed by atoms with Gasteiger partial charge in [-0.25, -0.2) is 9.78 Å². The lowest BCUT2D eigenvalue weighted by atomic mass is 10.0. The fourth-order valence-corrected chi connectivity index (χ4v) is 4.41. The van der Waals surface area contributed by atoms with Crippen LogP contribution in [0.5, 0.6) is 0 Å². The summed E-state index contributed by atoms with van der Waals surface area (Å²) in [5, 5.41) is 28.1. The minimum atomic E-state index is -1.49. The van der Waals surface area contributed by atoms with E-state index in [-0.39, 0.29) is 19.3 Å². The topological polar surface area (TPSA) is 241 Å². The number of amides is 3. The van der Waals surface area contributed by atoms with Crippen LogP contribution >= 0.6 is 0 Å². The van der Waals surface area contributed by atoms with Crippen LogP contribution in [0.15, 0.2) is 43.0 Å². The standard InChI is InChI=1S/C27H38N8O6/c1-15(36)23(26(39)33-21(27(40)41)8-4-5-9-28)35-25(38)22(11-17-13-30-14-32-17)34-24(37)19(29)10-16-12-31-20-7-3-2-6-18(16)20/h2-3,6-7,12-15,19,21-23,31,36H,4-5,8-11,28-29H2,1H3,(H,30,32)(H,33,39)(H,34,37)(H,35,38)(H,40,41). The maximum atomic E-state index is 13.3. The molecular weight excluding hydrogens is 532 g/mol. The van der Waals surface area contributed by atoms with E-state index in [4.69, 9.17) is 11.5 Å². The smallest absolute Gasteiger partial charge is 0.326 e. The number of para-hydroxylation sites is 1. The fourth-order valence-electron chi connectivity index (χ4n) is 4.41. The number of hydrogen-bond donors (Lipinski definition) is 9. The maximum absolute atomic E-state index is 13.3. The lowest BCUT2D eigenvalue weighted by molar-refractivity contribution is -0.143. The third-order valence-electron chi connectivity index (χ3n) is 6.69. The average Bonchev–Trinajstić information content (AvgIpc) is 3.60. The van der Waals surface area contributed by atoms with Gasteiger partial charge in [-0.15, -0.1) is 0 Å². The lowest BCUT2D eigenvalue weighted by Gasteiger charge is -2.26. The molecule has 5 atom stereocenters. The van der Waals surface area contributed by atoms with Crippen molar-refractivity contribution in [3.05, 3.63) is 54.2 Å². The number of aliphatic hydroxyl groups is 1. The van der Waals surface area contributed by atoms with Crippen molar-refractivity contribution in [3.8, 4) is 0 Å². The highest BCUT2D eigenvalue weighted by molar-refractivity contribution is 5.94. The number of rotatable bonds is 16. The highest BCUT2D eigenvalue weighted by atomic mass is 16.4. The molecule has 5 unspecified atom stereocenters. The number of nitrogens with one attached hydrogen (secondary N) is 5. The van der Waals surface area contributed by atoms with Gasteiger partial charge in [-0.05, 0) is 50.8 Å². The second-order valence-corrected chi connectivity index (χ2v) is 9.92. The number of fused-ring (bicyclic) bond motifs is 1. The number of carboxylic acids is 1. The number of carbonyl (C=O) groups excluding carboxylic acids is 3. The molecule has 0 spiro atoms. The number of nitrogens with zero attached hydrogens (tertiary/aromatic N) is 1. The van der Waals surface area contributed by atoms with Crippen LogP contribution in [0.2, 0.25) is 0 Å². The average molecular weight is 571 g/mol. The number of carboxylic acid groups (broad SMARTS) is 1. The van der Waals surface area contributed by atoms with Gasteiger partial charge in [0.1, 0.15) is 18.1 Å². The van der Waals surface area contributed by atoms with Crippen LogP contribution in [-0.4, -0.2) is 85.7 Å². The molecule has 3 aromatic rings. The van der Waals surface area contributed by atoms with Gasteiger partial charge in [0.25, 0.3) is 0 Å². The van der Waals surface area contributed by atoms with Crippen molar-refractivity contribution in [2.24, 2.45) is 11.5 Å². The Bertz CT molecular complexity index is 1310. The van der Waals surface area contributed by atoms with Gasteiger partial charge < -0.3 is 47.6 Å². The van der Waals surface area contributed by atoms with Crippen LogP contribution in [0.25, 0.3) is 10.9 Å². The summed E-state index contributed by atoms with van der Waals surface area (Å²) in [5.74, 6) is -3.50. The number of benzene rings is 1. The van der Waals surface area contributed by atoms with E-state index < -0.39 is 54.0 Å². The highest BCUT2D eigenvalue weighted by Gasteiger charge is 2.33. The molecular formula is C27H38N8O6. The van der Waals surface area contributed by atoms with Gasteiger partial charge in [-0.1, -0.05) is 18.2 Å². The van der Waals surface area contributed by atoms with Crippen LogP contribution in [0.3, 0.4) is 0 Å². The zero-order valence-electron chi connectivity index (χ0n) is 22.8. The Morgan fingerprint density at radius 2 is 1.71 bits per heavy atom. The Hall–Kier alpha value is -4.27. The minimum absolute atomic E-state index is 0.0115. The summed E-state index contributed by atoms with van der Waals surface area (Å²) in [6.45, 7) is 1.66. The first-order valence-electron chi connectivity index (χ1n) is 13.4. The van der Waals surface area contributed by atoms with Crippen LogP contribution in [0.1, 0.15) is 37.4 Å². The van der Waals surface area contributed by atoms with Crippen LogP contribution in [-0.2, 0) is 32.0 Å². The molecule has 3 rings (SSSR count). The number of aromatic amines is 2. The third-order valence-corrected chi connectivity index (χ3v) is 6.69. The zero-order valence-corrected chi connectivity index (χ0v) is 22.8. The fraction of sp³-hybridized carbons (Fsp3) is 0.444. The first-order valence-corrected chi connectivity index (χ1v) is 13.4. The normalized spacial score (nSPS) is 14.9. The predicted octanol–water partition coefficient (Wildman–Crippen LogP) is -0.948. The van der Waals surface area contributed by atoms with E-state index in [1.54, 1.807) is 6.20 Å².